The summed E-state index contributed by atoms with van der Waals surface area (Å²) < 4.78 is 0. The minimum absolute atomic E-state index is 0.0524. The van der Waals surface area contributed by atoms with E-state index < -0.39 is 5.54 Å². The molecule has 92 valence electrons. The van der Waals surface area contributed by atoms with E-state index in [2.05, 4.69) is 5.32 Å². The number of carbonyl (C=O) groups excluding carboxylic acids is 1. The molecule has 0 radical (unpaired) electrons. The highest BCUT2D eigenvalue weighted by Gasteiger charge is 2.51. The van der Waals surface area contributed by atoms with Gasteiger partial charge in [-0.15, -0.1) is 0 Å². The third-order valence-electron chi connectivity index (χ3n) is 4.44. The van der Waals surface area contributed by atoms with Crippen LogP contribution >= 0.6 is 0 Å². The maximum Gasteiger partial charge on any atom is 0.240 e. The van der Waals surface area contributed by atoms with E-state index in [9.17, 15) is 9.90 Å². The molecule has 2 aliphatic rings. The Balaban J connectivity index is 1.93. The van der Waals surface area contributed by atoms with Crippen molar-refractivity contribution in [1.82, 2.24) is 5.32 Å². The lowest BCUT2D eigenvalue weighted by Gasteiger charge is -2.50. The van der Waals surface area contributed by atoms with Gasteiger partial charge in [0.25, 0.3) is 0 Å². The summed E-state index contributed by atoms with van der Waals surface area (Å²) in [5.41, 5.74) is 5.07. The predicted molar refractivity (Wildman–Crippen MR) is 61.7 cm³/mol. The van der Waals surface area contributed by atoms with Crippen LogP contribution in [0.3, 0.4) is 0 Å². The Kier molecular flexibility index (Phi) is 2.55. The maximum atomic E-state index is 12.0. The van der Waals surface area contributed by atoms with Crippen molar-refractivity contribution in [3.8, 4) is 0 Å². The number of aliphatic hydroxyl groups excluding tert-OH is 1. The van der Waals surface area contributed by atoms with Crippen molar-refractivity contribution in [3.05, 3.63) is 0 Å². The van der Waals surface area contributed by atoms with E-state index in [0.29, 0.717) is 12.3 Å². The van der Waals surface area contributed by atoms with Crippen LogP contribution in [0.1, 0.15) is 40.0 Å². The highest BCUT2D eigenvalue weighted by molar-refractivity contribution is 5.86. The van der Waals surface area contributed by atoms with Gasteiger partial charge < -0.3 is 16.2 Å². The number of hydrogen-bond acceptors (Lipinski definition) is 3. The smallest absolute Gasteiger partial charge is 0.240 e. The van der Waals surface area contributed by atoms with Gasteiger partial charge in [-0.2, -0.15) is 0 Å². The van der Waals surface area contributed by atoms with Crippen molar-refractivity contribution in [1.29, 1.82) is 0 Å². The summed E-state index contributed by atoms with van der Waals surface area (Å²) in [7, 11) is 0. The number of amides is 1. The Morgan fingerprint density at radius 2 is 2.06 bits per heavy atom. The van der Waals surface area contributed by atoms with Gasteiger partial charge in [0.05, 0.1) is 11.6 Å². The fourth-order valence-electron chi connectivity index (χ4n) is 2.33. The van der Waals surface area contributed by atoms with Crippen LogP contribution in [-0.2, 0) is 4.79 Å². The SMILES string of the molecule is CC(N)(C(=O)NC1CC(O)C1(C)C)C1CC1. The highest BCUT2D eigenvalue weighted by atomic mass is 16.3. The maximum absolute atomic E-state index is 12.0. The molecule has 16 heavy (non-hydrogen) atoms. The van der Waals surface area contributed by atoms with E-state index in [1.807, 2.05) is 20.8 Å². The summed E-state index contributed by atoms with van der Waals surface area (Å²) in [5, 5.41) is 12.6. The van der Waals surface area contributed by atoms with E-state index >= 15 is 0 Å². The zero-order chi connectivity index (χ0) is 12.1. The van der Waals surface area contributed by atoms with Crippen molar-refractivity contribution in [2.24, 2.45) is 17.1 Å². The Morgan fingerprint density at radius 1 is 1.50 bits per heavy atom. The molecule has 0 heterocycles. The summed E-state index contributed by atoms with van der Waals surface area (Å²) in [6, 6.07) is 0.0524. The first kappa shape index (κ1) is 11.9. The Labute approximate surface area is 96.6 Å². The fourth-order valence-corrected chi connectivity index (χ4v) is 2.33. The average molecular weight is 226 g/mol. The van der Waals surface area contributed by atoms with Crippen LogP contribution in [0.25, 0.3) is 0 Å². The molecule has 0 aromatic carbocycles. The quantitative estimate of drug-likeness (QED) is 0.651. The van der Waals surface area contributed by atoms with Crippen LogP contribution in [0, 0.1) is 11.3 Å². The zero-order valence-electron chi connectivity index (χ0n) is 10.3. The van der Waals surface area contributed by atoms with Crippen LogP contribution in [0.2, 0.25) is 0 Å². The molecule has 2 saturated carbocycles. The Morgan fingerprint density at radius 3 is 2.44 bits per heavy atom. The molecule has 4 N–H and O–H groups in total. The van der Waals surface area contributed by atoms with Gasteiger partial charge in [-0.3, -0.25) is 4.79 Å². The van der Waals surface area contributed by atoms with E-state index in [-0.39, 0.29) is 23.5 Å². The van der Waals surface area contributed by atoms with Gasteiger partial charge in [0.1, 0.15) is 0 Å². The molecule has 4 nitrogen and oxygen atoms in total. The number of rotatable bonds is 3. The second-order valence-corrected chi connectivity index (χ2v) is 6.16. The molecule has 0 bridgehead atoms. The summed E-state index contributed by atoms with van der Waals surface area (Å²) in [5.74, 6) is 0.264. The minimum Gasteiger partial charge on any atom is -0.392 e. The van der Waals surface area contributed by atoms with Gasteiger partial charge >= 0.3 is 0 Å². The first-order valence-corrected chi connectivity index (χ1v) is 6.04. The topological polar surface area (TPSA) is 75.4 Å². The van der Waals surface area contributed by atoms with Crippen LogP contribution in [-0.4, -0.2) is 28.7 Å². The summed E-state index contributed by atoms with van der Waals surface area (Å²) in [6.07, 6.45) is 2.43. The van der Waals surface area contributed by atoms with Gasteiger partial charge in [-0.05, 0) is 32.1 Å². The summed E-state index contributed by atoms with van der Waals surface area (Å²) >= 11 is 0. The standard InChI is InChI=1S/C12H22N2O2/c1-11(2)8(6-9(11)15)14-10(16)12(3,13)7-4-5-7/h7-9,15H,4-6,13H2,1-3H3,(H,14,16). The molecule has 3 unspecified atom stereocenters. The van der Waals surface area contributed by atoms with Crippen LogP contribution < -0.4 is 11.1 Å². The average Bonchev–Trinajstić information content (AvgIpc) is 3.00. The van der Waals surface area contributed by atoms with E-state index in [1.54, 1.807) is 0 Å². The van der Waals surface area contributed by atoms with Gasteiger partial charge in [0.15, 0.2) is 0 Å². The molecule has 3 atom stereocenters. The molecular weight excluding hydrogens is 204 g/mol. The largest absolute Gasteiger partial charge is 0.392 e. The van der Waals surface area contributed by atoms with Gasteiger partial charge in [0.2, 0.25) is 5.91 Å². The first-order chi connectivity index (χ1) is 7.26. The van der Waals surface area contributed by atoms with Gasteiger partial charge in [-0.1, -0.05) is 13.8 Å². The third kappa shape index (κ3) is 1.74. The molecule has 0 aromatic rings. The summed E-state index contributed by atoms with van der Waals surface area (Å²) in [4.78, 5) is 12.0. The van der Waals surface area contributed by atoms with Crippen molar-refractivity contribution in [2.75, 3.05) is 0 Å². The van der Waals surface area contributed by atoms with Crippen molar-refractivity contribution in [3.63, 3.8) is 0 Å². The Bertz CT molecular complexity index is 308. The number of carbonyl (C=O) groups is 1. The van der Waals surface area contributed by atoms with E-state index in [1.165, 1.54) is 0 Å². The van der Waals surface area contributed by atoms with Crippen molar-refractivity contribution < 1.29 is 9.90 Å². The minimum atomic E-state index is -0.739. The molecular formula is C12H22N2O2. The fraction of sp³-hybridized carbons (Fsp3) is 0.917. The lowest BCUT2D eigenvalue weighted by molar-refractivity contribution is -0.134. The summed E-state index contributed by atoms with van der Waals surface area (Å²) in [6.45, 7) is 5.75. The monoisotopic (exact) mass is 226 g/mol. The van der Waals surface area contributed by atoms with Crippen LogP contribution in [0.4, 0.5) is 0 Å². The Hall–Kier alpha value is -0.610. The predicted octanol–water partition coefficient (Wildman–Crippen LogP) is 0.389. The first-order valence-electron chi connectivity index (χ1n) is 6.04. The molecule has 2 fully saturated rings. The molecule has 2 rings (SSSR count). The van der Waals surface area contributed by atoms with Crippen molar-refractivity contribution >= 4 is 5.91 Å². The van der Waals surface area contributed by atoms with Crippen LogP contribution in [0.15, 0.2) is 0 Å². The lowest BCUT2D eigenvalue weighted by Crippen LogP contribution is -2.65. The lowest BCUT2D eigenvalue weighted by atomic mass is 9.64. The molecule has 0 aromatic heterocycles. The normalized spacial score (nSPS) is 36.1. The van der Waals surface area contributed by atoms with Gasteiger partial charge in [-0.25, -0.2) is 0 Å². The van der Waals surface area contributed by atoms with Crippen molar-refractivity contribution in [2.45, 2.75) is 57.7 Å². The highest BCUT2D eigenvalue weighted by Crippen LogP contribution is 2.42. The van der Waals surface area contributed by atoms with Crippen LogP contribution in [0.5, 0.6) is 0 Å². The molecule has 0 spiro atoms. The van der Waals surface area contributed by atoms with E-state index in [0.717, 1.165) is 12.8 Å². The molecule has 1 amide bonds. The number of aliphatic hydroxyl groups is 1. The molecule has 2 aliphatic carbocycles. The number of hydrogen-bond donors (Lipinski definition) is 3. The molecule has 4 heteroatoms. The second-order valence-electron chi connectivity index (χ2n) is 6.16. The third-order valence-corrected chi connectivity index (χ3v) is 4.44. The second kappa shape index (κ2) is 3.44. The van der Waals surface area contributed by atoms with E-state index in [4.69, 9.17) is 5.73 Å². The number of nitrogens with one attached hydrogen (secondary N) is 1. The zero-order valence-corrected chi connectivity index (χ0v) is 10.3. The molecule has 0 saturated heterocycles. The molecule has 0 aliphatic heterocycles. The number of nitrogens with two attached hydrogens (primary N) is 1. The van der Waals surface area contributed by atoms with Gasteiger partial charge in [0, 0.05) is 11.5 Å².